The van der Waals surface area contributed by atoms with E-state index in [1.165, 1.54) is 11.1 Å². The van der Waals surface area contributed by atoms with Gasteiger partial charge in [-0.25, -0.2) is 0 Å². The minimum absolute atomic E-state index is 0. The molecule has 0 saturated carbocycles. The molecule has 2 aromatic rings. The first kappa shape index (κ1) is 21.3. The zero-order chi connectivity index (χ0) is 17.2. The third-order valence-electron chi connectivity index (χ3n) is 3.64. The van der Waals surface area contributed by atoms with Crippen molar-refractivity contribution in [2.75, 3.05) is 26.7 Å². The van der Waals surface area contributed by atoms with E-state index < -0.39 is 0 Å². The summed E-state index contributed by atoms with van der Waals surface area (Å²) in [6, 6.07) is 8.13. The standard InChI is InChI=1S/C18H27N5O.HI/c1-4-19-18(21-12-10-16-13-22-23(2)14-16)20-11-9-15-5-7-17(24-3)8-6-15;/h5-8,13-14H,4,9-12H2,1-3H3,(H2,19,20,21);1H. The summed E-state index contributed by atoms with van der Waals surface area (Å²) < 4.78 is 7.00. The second-order valence-electron chi connectivity index (χ2n) is 5.56. The maximum absolute atomic E-state index is 5.17. The lowest BCUT2D eigenvalue weighted by molar-refractivity contribution is 0.414. The van der Waals surface area contributed by atoms with Gasteiger partial charge < -0.3 is 15.4 Å². The van der Waals surface area contributed by atoms with Gasteiger partial charge in [0.15, 0.2) is 5.96 Å². The third-order valence-corrected chi connectivity index (χ3v) is 3.64. The average molecular weight is 457 g/mol. The molecular weight excluding hydrogens is 429 g/mol. The Labute approximate surface area is 167 Å². The Morgan fingerprint density at radius 1 is 1.16 bits per heavy atom. The number of halogens is 1. The number of methoxy groups -OCH3 is 1. The number of guanidine groups is 1. The van der Waals surface area contributed by atoms with E-state index in [0.29, 0.717) is 0 Å². The van der Waals surface area contributed by atoms with E-state index in [2.05, 4.69) is 39.8 Å². The van der Waals surface area contributed by atoms with Crippen LogP contribution in [0, 0.1) is 0 Å². The van der Waals surface area contributed by atoms with Crippen LogP contribution in [0.4, 0.5) is 0 Å². The summed E-state index contributed by atoms with van der Waals surface area (Å²) in [5, 5.41) is 10.8. The molecule has 0 radical (unpaired) electrons. The van der Waals surface area contributed by atoms with Crippen LogP contribution in [-0.2, 0) is 19.9 Å². The Bertz CT molecular complexity index is 639. The molecule has 0 saturated heterocycles. The zero-order valence-electron chi connectivity index (χ0n) is 15.2. The largest absolute Gasteiger partial charge is 0.497 e. The number of aryl methyl sites for hydroxylation is 1. The molecule has 7 heteroatoms. The van der Waals surface area contributed by atoms with Gasteiger partial charge in [0, 0.05) is 32.9 Å². The van der Waals surface area contributed by atoms with Crippen LogP contribution in [0.5, 0.6) is 5.75 Å². The highest BCUT2D eigenvalue weighted by Gasteiger charge is 2.00. The van der Waals surface area contributed by atoms with Crippen molar-refractivity contribution in [1.82, 2.24) is 20.4 Å². The van der Waals surface area contributed by atoms with Gasteiger partial charge in [0.2, 0.25) is 0 Å². The van der Waals surface area contributed by atoms with Crippen molar-refractivity contribution in [3.8, 4) is 5.75 Å². The van der Waals surface area contributed by atoms with Crippen molar-refractivity contribution in [3.63, 3.8) is 0 Å². The molecule has 0 atom stereocenters. The predicted molar refractivity (Wildman–Crippen MR) is 113 cm³/mol. The van der Waals surface area contributed by atoms with Gasteiger partial charge in [-0.3, -0.25) is 9.67 Å². The van der Waals surface area contributed by atoms with Crippen LogP contribution in [0.3, 0.4) is 0 Å². The molecule has 138 valence electrons. The molecule has 0 spiro atoms. The highest BCUT2D eigenvalue weighted by Crippen LogP contribution is 2.11. The highest BCUT2D eigenvalue weighted by atomic mass is 127. The summed E-state index contributed by atoms with van der Waals surface area (Å²) in [6.45, 7) is 4.50. The van der Waals surface area contributed by atoms with Gasteiger partial charge in [0.1, 0.15) is 5.75 Å². The summed E-state index contributed by atoms with van der Waals surface area (Å²) in [5.74, 6) is 1.74. The molecule has 0 unspecified atom stereocenters. The number of aliphatic imine (C=N–C) groups is 1. The molecule has 2 rings (SSSR count). The summed E-state index contributed by atoms with van der Waals surface area (Å²) in [6.07, 6.45) is 5.77. The highest BCUT2D eigenvalue weighted by molar-refractivity contribution is 14.0. The van der Waals surface area contributed by atoms with Gasteiger partial charge in [0.05, 0.1) is 13.3 Å². The van der Waals surface area contributed by atoms with E-state index in [9.17, 15) is 0 Å². The van der Waals surface area contributed by atoms with Crippen LogP contribution in [0.25, 0.3) is 0 Å². The van der Waals surface area contributed by atoms with Crippen molar-refractivity contribution < 1.29 is 4.74 Å². The molecule has 0 amide bonds. The third kappa shape index (κ3) is 7.76. The molecule has 1 aromatic carbocycles. The Hall–Kier alpha value is -1.77. The van der Waals surface area contributed by atoms with Gasteiger partial charge in [-0.15, -0.1) is 24.0 Å². The van der Waals surface area contributed by atoms with Crippen molar-refractivity contribution >= 4 is 29.9 Å². The van der Waals surface area contributed by atoms with Gasteiger partial charge in [0.25, 0.3) is 0 Å². The van der Waals surface area contributed by atoms with E-state index >= 15 is 0 Å². The number of rotatable bonds is 8. The Balaban J connectivity index is 0.00000312. The number of hydrogen-bond acceptors (Lipinski definition) is 3. The lowest BCUT2D eigenvalue weighted by Gasteiger charge is -2.11. The van der Waals surface area contributed by atoms with Crippen LogP contribution in [-0.4, -0.2) is 42.5 Å². The number of nitrogens with one attached hydrogen (secondary N) is 2. The topological polar surface area (TPSA) is 63.5 Å². The normalized spacial score (nSPS) is 10.9. The molecule has 0 fully saturated rings. The summed E-state index contributed by atoms with van der Waals surface area (Å²) in [5.41, 5.74) is 2.48. The molecular formula is C18H28IN5O. The molecule has 0 aliphatic heterocycles. The first-order chi connectivity index (χ1) is 11.7. The Morgan fingerprint density at radius 3 is 2.52 bits per heavy atom. The van der Waals surface area contributed by atoms with Crippen molar-refractivity contribution in [2.24, 2.45) is 12.0 Å². The number of aromatic nitrogens is 2. The smallest absolute Gasteiger partial charge is 0.191 e. The average Bonchev–Trinajstić information content (AvgIpc) is 3.01. The van der Waals surface area contributed by atoms with E-state index in [4.69, 9.17) is 4.74 Å². The van der Waals surface area contributed by atoms with E-state index in [-0.39, 0.29) is 24.0 Å². The van der Waals surface area contributed by atoms with Gasteiger partial charge >= 0.3 is 0 Å². The van der Waals surface area contributed by atoms with E-state index in [1.807, 2.05) is 36.3 Å². The molecule has 1 aromatic heterocycles. The fourth-order valence-corrected chi connectivity index (χ4v) is 2.36. The molecule has 0 bridgehead atoms. The van der Waals surface area contributed by atoms with Crippen LogP contribution in [0.2, 0.25) is 0 Å². The van der Waals surface area contributed by atoms with Crippen LogP contribution in [0.15, 0.2) is 41.7 Å². The zero-order valence-corrected chi connectivity index (χ0v) is 17.5. The molecule has 1 heterocycles. The fraction of sp³-hybridized carbons (Fsp3) is 0.444. The maximum atomic E-state index is 5.17. The molecule has 0 aliphatic rings. The second-order valence-corrected chi connectivity index (χ2v) is 5.56. The van der Waals surface area contributed by atoms with Crippen molar-refractivity contribution in [2.45, 2.75) is 19.8 Å². The van der Waals surface area contributed by atoms with Gasteiger partial charge in [-0.05, 0) is 43.0 Å². The Morgan fingerprint density at radius 2 is 1.92 bits per heavy atom. The van der Waals surface area contributed by atoms with Crippen molar-refractivity contribution in [1.29, 1.82) is 0 Å². The number of hydrogen-bond donors (Lipinski definition) is 2. The number of nitrogens with zero attached hydrogens (tertiary/aromatic N) is 3. The first-order valence-corrected chi connectivity index (χ1v) is 8.34. The predicted octanol–water partition coefficient (Wildman–Crippen LogP) is 2.39. The molecule has 25 heavy (non-hydrogen) atoms. The minimum atomic E-state index is 0. The number of ether oxygens (including phenoxy) is 1. The summed E-state index contributed by atoms with van der Waals surface area (Å²) in [7, 11) is 3.61. The van der Waals surface area contributed by atoms with Crippen molar-refractivity contribution in [3.05, 3.63) is 47.8 Å². The lowest BCUT2D eigenvalue weighted by Crippen LogP contribution is -2.38. The van der Waals surface area contributed by atoms with Crippen LogP contribution < -0.4 is 15.4 Å². The Kier molecular flexibility index (Phi) is 9.98. The SMILES string of the molecule is CCNC(=NCCc1ccc(OC)cc1)NCCc1cnn(C)c1.I. The fourth-order valence-electron chi connectivity index (χ4n) is 2.36. The summed E-state index contributed by atoms with van der Waals surface area (Å²) in [4.78, 5) is 4.63. The molecule has 0 aliphatic carbocycles. The van der Waals surface area contributed by atoms with Gasteiger partial charge in [-0.2, -0.15) is 5.10 Å². The monoisotopic (exact) mass is 457 g/mol. The second kappa shape index (κ2) is 11.7. The molecule has 2 N–H and O–H groups in total. The minimum Gasteiger partial charge on any atom is -0.497 e. The maximum Gasteiger partial charge on any atom is 0.191 e. The van der Waals surface area contributed by atoms with Crippen LogP contribution in [0.1, 0.15) is 18.1 Å². The lowest BCUT2D eigenvalue weighted by atomic mass is 10.1. The van der Waals surface area contributed by atoms with Gasteiger partial charge in [-0.1, -0.05) is 12.1 Å². The summed E-state index contributed by atoms with van der Waals surface area (Å²) >= 11 is 0. The quantitative estimate of drug-likeness (QED) is 0.363. The van der Waals surface area contributed by atoms with E-state index in [1.54, 1.807) is 7.11 Å². The van der Waals surface area contributed by atoms with Crippen LogP contribution >= 0.6 is 24.0 Å². The van der Waals surface area contributed by atoms with E-state index in [0.717, 1.165) is 44.2 Å². The first-order valence-electron chi connectivity index (χ1n) is 8.34. The molecule has 6 nitrogen and oxygen atoms in total. The number of benzene rings is 1.